The fourth-order valence-corrected chi connectivity index (χ4v) is 3.13. The maximum atomic E-state index is 12.2. The lowest BCUT2D eigenvalue weighted by Gasteiger charge is -2.33. The molecule has 1 unspecified atom stereocenters. The van der Waals surface area contributed by atoms with E-state index >= 15 is 0 Å². The van der Waals surface area contributed by atoms with E-state index in [4.69, 9.17) is 4.74 Å². The van der Waals surface area contributed by atoms with Gasteiger partial charge in [0.1, 0.15) is 5.54 Å². The van der Waals surface area contributed by atoms with Crippen LogP contribution in [-0.4, -0.2) is 24.2 Å². The maximum absolute atomic E-state index is 12.2. The Kier molecular flexibility index (Phi) is 4.66. The third-order valence-electron chi connectivity index (χ3n) is 4.45. The molecule has 0 heterocycles. The van der Waals surface area contributed by atoms with Crippen molar-refractivity contribution in [1.82, 2.24) is 5.32 Å². The van der Waals surface area contributed by atoms with Crippen molar-refractivity contribution in [3.8, 4) is 0 Å². The number of nitrogens with one attached hydrogen (secondary N) is 1. The summed E-state index contributed by atoms with van der Waals surface area (Å²) in [6.45, 7) is 4.41. The van der Waals surface area contributed by atoms with Gasteiger partial charge in [-0.15, -0.1) is 0 Å². The van der Waals surface area contributed by atoms with Crippen molar-refractivity contribution in [1.29, 1.82) is 0 Å². The summed E-state index contributed by atoms with van der Waals surface area (Å²) < 4.78 is 5.28. The zero-order valence-corrected chi connectivity index (χ0v) is 11.8. The first-order chi connectivity index (χ1) is 8.66. The van der Waals surface area contributed by atoms with Gasteiger partial charge >= 0.3 is 5.97 Å². The Balaban J connectivity index is 1.98. The van der Waals surface area contributed by atoms with Gasteiger partial charge < -0.3 is 4.74 Å². The third-order valence-corrected chi connectivity index (χ3v) is 4.45. The molecule has 104 valence electrons. The Morgan fingerprint density at radius 1 is 1.17 bits per heavy atom. The Morgan fingerprint density at radius 3 is 2.28 bits per heavy atom. The molecule has 18 heavy (non-hydrogen) atoms. The fraction of sp³-hybridized carbons (Fsp3) is 0.933. The van der Waals surface area contributed by atoms with E-state index in [-0.39, 0.29) is 5.97 Å². The summed E-state index contributed by atoms with van der Waals surface area (Å²) >= 11 is 0. The van der Waals surface area contributed by atoms with Crippen molar-refractivity contribution in [2.45, 2.75) is 76.8 Å². The van der Waals surface area contributed by atoms with Crippen LogP contribution in [0.5, 0.6) is 0 Å². The minimum atomic E-state index is -0.439. The smallest absolute Gasteiger partial charge is 0.326 e. The zero-order chi connectivity index (χ0) is 13.0. The predicted molar refractivity (Wildman–Crippen MR) is 72.4 cm³/mol. The normalized spacial score (nSPS) is 25.2. The molecule has 2 rings (SSSR count). The van der Waals surface area contributed by atoms with E-state index < -0.39 is 5.54 Å². The van der Waals surface area contributed by atoms with Crippen LogP contribution in [0.25, 0.3) is 0 Å². The van der Waals surface area contributed by atoms with Crippen molar-refractivity contribution in [3.05, 3.63) is 0 Å². The molecule has 3 heteroatoms. The lowest BCUT2D eigenvalue weighted by atomic mass is 9.93. The first-order valence-electron chi connectivity index (χ1n) is 7.61. The fourth-order valence-electron chi connectivity index (χ4n) is 3.13. The van der Waals surface area contributed by atoms with Gasteiger partial charge in [0.2, 0.25) is 0 Å². The second-order valence-electron chi connectivity index (χ2n) is 6.03. The Labute approximate surface area is 111 Å². The molecule has 1 N–H and O–H groups in total. The van der Waals surface area contributed by atoms with Crippen molar-refractivity contribution in [2.75, 3.05) is 6.61 Å². The Bertz CT molecular complexity index is 280. The molecule has 2 saturated carbocycles. The Morgan fingerprint density at radius 2 is 1.78 bits per heavy atom. The molecule has 0 amide bonds. The number of esters is 1. The van der Waals surface area contributed by atoms with Gasteiger partial charge in [-0.1, -0.05) is 25.7 Å². The van der Waals surface area contributed by atoms with Crippen molar-refractivity contribution < 1.29 is 9.53 Å². The van der Waals surface area contributed by atoms with Gasteiger partial charge in [-0.25, -0.2) is 0 Å². The summed E-state index contributed by atoms with van der Waals surface area (Å²) in [4.78, 5) is 12.2. The molecule has 2 aliphatic carbocycles. The third kappa shape index (κ3) is 3.25. The Hall–Kier alpha value is -0.570. The van der Waals surface area contributed by atoms with Crippen LogP contribution in [0.2, 0.25) is 0 Å². The van der Waals surface area contributed by atoms with Crippen LogP contribution < -0.4 is 5.32 Å². The van der Waals surface area contributed by atoms with Crippen molar-refractivity contribution in [3.63, 3.8) is 0 Å². The van der Waals surface area contributed by atoms with Crippen LogP contribution in [0, 0.1) is 5.92 Å². The highest BCUT2D eigenvalue weighted by Gasteiger charge is 2.49. The summed E-state index contributed by atoms with van der Waals surface area (Å²) in [6, 6.07) is 0.502. The lowest BCUT2D eigenvalue weighted by Crippen LogP contribution is -2.56. The highest BCUT2D eigenvalue weighted by molar-refractivity contribution is 5.81. The summed E-state index contributed by atoms with van der Waals surface area (Å²) in [5, 5.41) is 3.64. The molecule has 0 aromatic carbocycles. The number of hydrogen-bond donors (Lipinski definition) is 1. The second-order valence-corrected chi connectivity index (χ2v) is 6.03. The van der Waals surface area contributed by atoms with E-state index in [1.807, 2.05) is 13.8 Å². The van der Waals surface area contributed by atoms with Crippen molar-refractivity contribution in [2.24, 2.45) is 5.92 Å². The van der Waals surface area contributed by atoms with Gasteiger partial charge in [0.05, 0.1) is 6.61 Å². The van der Waals surface area contributed by atoms with E-state index in [1.165, 1.54) is 38.5 Å². The molecular weight excluding hydrogens is 226 g/mol. The molecule has 2 fully saturated rings. The molecule has 0 aromatic heterocycles. The molecule has 1 atom stereocenters. The van der Waals surface area contributed by atoms with Crippen LogP contribution in [-0.2, 0) is 9.53 Å². The standard InChI is InChI=1S/C15H27NO2/c1-3-18-14(17)15(2,12-10-11-12)16-13-8-6-4-5-7-9-13/h12-13,16H,3-11H2,1-2H3. The molecule has 0 spiro atoms. The SMILES string of the molecule is CCOC(=O)C(C)(NC1CCCCCC1)C1CC1. The summed E-state index contributed by atoms with van der Waals surface area (Å²) in [5.74, 6) is 0.441. The quantitative estimate of drug-likeness (QED) is 0.604. The molecule has 0 radical (unpaired) electrons. The molecular formula is C15H27NO2. The van der Waals surface area contributed by atoms with Crippen LogP contribution in [0.4, 0.5) is 0 Å². The molecule has 0 saturated heterocycles. The summed E-state index contributed by atoms with van der Waals surface area (Å²) in [6.07, 6.45) is 10.0. The maximum Gasteiger partial charge on any atom is 0.326 e. The average molecular weight is 253 g/mol. The van der Waals surface area contributed by atoms with Crippen LogP contribution in [0.1, 0.15) is 65.2 Å². The van der Waals surface area contributed by atoms with Gasteiger partial charge in [-0.2, -0.15) is 0 Å². The first kappa shape index (κ1) is 13.9. The first-order valence-corrected chi connectivity index (χ1v) is 7.61. The topological polar surface area (TPSA) is 38.3 Å². The van der Waals surface area contributed by atoms with Crippen LogP contribution in [0.3, 0.4) is 0 Å². The monoisotopic (exact) mass is 253 g/mol. The second kappa shape index (κ2) is 6.05. The van der Waals surface area contributed by atoms with Crippen LogP contribution >= 0.6 is 0 Å². The number of carbonyl (C=O) groups is 1. The average Bonchev–Trinajstić information content (AvgIpc) is 3.17. The largest absolute Gasteiger partial charge is 0.465 e. The number of carbonyl (C=O) groups excluding carboxylic acids is 1. The van der Waals surface area contributed by atoms with E-state index in [2.05, 4.69) is 5.32 Å². The highest BCUT2D eigenvalue weighted by Crippen LogP contribution is 2.41. The molecule has 3 nitrogen and oxygen atoms in total. The van der Waals surface area contributed by atoms with Gasteiger partial charge in [-0.3, -0.25) is 10.1 Å². The van der Waals surface area contributed by atoms with Gasteiger partial charge in [0.15, 0.2) is 0 Å². The zero-order valence-electron chi connectivity index (χ0n) is 11.8. The number of ether oxygens (including phenoxy) is 1. The van der Waals surface area contributed by atoms with Crippen LogP contribution in [0.15, 0.2) is 0 Å². The van der Waals surface area contributed by atoms with Gasteiger partial charge in [0, 0.05) is 6.04 Å². The van der Waals surface area contributed by atoms with Gasteiger partial charge in [0.25, 0.3) is 0 Å². The minimum Gasteiger partial charge on any atom is -0.465 e. The minimum absolute atomic E-state index is 0.0447. The highest BCUT2D eigenvalue weighted by atomic mass is 16.5. The predicted octanol–water partition coefficient (Wildman–Crippen LogP) is 3.03. The lowest BCUT2D eigenvalue weighted by molar-refractivity contribution is -0.152. The van der Waals surface area contributed by atoms with Crippen molar-refractivity contribution >= 4 is 5.97 Å². The molecule has 0 aromatic rings. The summed E-state index contributed by atoms with van der Waals surface area (Å²) in [5.41, 5.74) is -0.439. The molecule has 0 bridgehead atoms. The van der Waals surface area contributed by atoms with E-state index in [9.17, 15) is 4.79 Å². The number of hydrogen-bond acceptors (Lipinski definition) is 3. The summed E-state index contributed by atoms with van der Waals surface area (Å²) in [7, 11) is 0. The van der Waals surface area contributed by atoms with E-state index in [0.717, 1.165) is 12.8 Å². The van der Waals surface area contributed by atoms with E-state index in [1.54, 1.807) is 0 Å². The molecule has 2 aliphatic rings. The van der Waals surface area contributed by atoms with E-state index in [0.29, 0.717) is 18.6 Å². The van der Waals surface area contributed by atoms with Gasteiger partial charge in [-0.05, 0) is 45.4 Å². The molecule has 0 aliphatic heterocycles. The number of rotatable bonds is 5.